The number of benzene rings is 2. The maximum absolute atomic E-state index is 13.8. The van der Waals surface area contributed by atoms with Gasteiger partial charge in [0, 0.05) is 23.7 Å². The highest BCUT2D eigenvalue weighted by Crippen LogP contribution is 2.36. The van der Waals surface area contributed by atoms with Crippen LogP contribution in [0, 0.1) is 12.7 Å². The zero-order valence-corrected chi connectivity index (χ0v) is 18.4. The molecule has 4 nitrogen and oxygen atoms in total. The molecule has 29 heavy (non-hydrogen) atoms. The lowest BCUT2D eigenvalue weighted by molar-refractivity contribution is 0.0991. The van der Waals surface area contributed by atoms with E-state index in [0.717, 1.165) is 12.5 Å². The lowest BCUT2D eigenvalue weighted by Crippen LogP contribution is -2.02. The lowest BCUT2D eigenvalue weighted by Gasteiger charge is -2.09. The minimum absolute atomic E-state index is 0.103. The summed E-state index contributed by atoms with van der Waals surface area (Å²) in [4.78, 5) is 4.09. The number of aromatic nitrogens is 2. The fourth-order valence-corrected chi connectivity index (χ4v) is 3.43. The summed E-state index contributed by atoms with van der Waals surface area (Å²) in [5.74, 6) is -0.381. The van der Waals surface area contributed by atoms with Crippen LogP contribution in [0.3, 0.4) is 0 Å². The quantitative estimate of drug-likeness (QED) is 0.513. The molecule has 0 amide bonds. The van der Waals surface area contributed by atoms with Crippen molar-refractivity contribution in [2.24, 2.45) is 0 Å². The molecule has 0 saturated heterocycles. The fraction of sp³-hybridized carbons (Fsp3) is 0.250. The molecule has 0 N–H and O–H groups in total. The third kappa shape index (κ3) is 5.46. The van der Waals surface area contributed by atoms with Crippen molar-refractivity contribution >= 4 is 19.1 Å². The summed E-state index contributed by atoms with van der Waals surface area (Å²) in [5, 5.41) is 0. The molecule has 2 aromatic carbocycles. The van der Waals surface area contributed by atoms with E-state index in [9.17, 15) is 21.6 Å². The molecule has 0 fully saturated rings. The van der Waals surface area contributed by atoms with Gasteiger partial charge < -0.3 is 0 Å². The van der Waals surface area contributed by atoms with Crippen molar-refractivity contribution in [3.8, 4) is 17.1 Å². The van der Waals surface area contributed by atoms with Crippen molar-refractivity contribution in [3.05, 3.63) is 65.7 Å². The number of imidazole rings is 1. The van der Waals surface area contributed by atoms with Crippen LogP contribution in [0.2, 0.25) is 0 Å². The summed E-state index contributed by atoms with van der Waals surface area (Å²) >= 11 is 0. The van der Waals surface area contributed by atoms with Gasteiger partial charge in [-0.1, -0.05) is 23.1 Å². The van der Waals surface area contributed by atoms with E-state index in [1.165, 1.54) is 50.2 Å². The molecule has 1 unspecified atom stereocenters. The fourth-order valence-electron chi connectivity index (χ4n) is 2.66. The van der Waals surface area contributed by atoms with E-state index in [2.05, 4.69) is 4.98 Å². The number of alkyl halides is 2. The number of rotatable bonds is 4. The molecule has 156 valence electrons. The highest BCUT2D eigenvalue weighted by molar-refractivity contribution is 7.90. The first-order valence-corrected chi connectivity index (χ1v) is 11.3. The van der Waals surface area contributed by atoms with Crippen molar-refractivity contribution in [1.29, 1.82) is 0 Å². The monoisotopic (exact) mass is 442 g/mol. The molecule has 0 radical (unpaired) electrons. The SMILES string of the molecule is CC.Cc1cc(F)cc(-c2nc(C(F)(F)P)cn2-c2ccc(S(C)(=O)=O)cc2)c1. The molecule has 1 heterocycles. The lowest BCUT2D eigenvalue weighted by atomic mass is 10.1. The minimum atomic E-state index is -3.39. The van der Waals surface area contributed by atoms with E-state index in [1.54, 1.807) is 13.0 Å². The van der Waals surface area contributed by atoms with Gasteiger partial charge in [0.2, 0.25) is 0 Å². The molecule has 3 aromatic rings. The Balaban J connectivity index is 0.00000145. The number of aryl methyl sites for hydroxylation is 1. The van der Waals surface area contributed by atoms with Crippen LogP contribution in [0.25, 0.3) is 17.1 Å². The van der Waals surface area contributed by atoms with Crippen LogP contribution in [0.4, 0.5) is 13.2 Å². The highest BCUT2D eigenvalue weighted by Gasteiger charge is 2.30. The molecule has 0 aliphatic carbocycles. The van der Waals surface area contributed by atoms with Gasteiger partial charge in [-0.3, -0.25) is 4.57 Å². The molecule has 1 atom stereocenters. The van der Waals surface area contributed by atoms with Gasteiger partial charge in [-0.05, 0) is 55.0 Å². The molecule has 0 aliphatic rings. The largest absolute Gasteiger partial charge is 0.301 e. The molecule has 0 saturated carbocycles. The van der Waals surface area contributed by atoms with Crippen molar-refractivity contribution in [2.45, 2.75) is 31.3 Å². The van der Waals surface area contributed by atoms with Gasteiger partial charge in [0.05, 0.1) is 4.90 Å². The van der Waals surface area contributed by atoms with E-state index >= 15 is 0 Å². The van der Waals surface area contributed by atoms with Crippen molar-refractivity contribution in [2.75, 3.05) is 6.26 Å². The average Bonchev–Trinajstić information content (AvgIpc) is 3.08. The second-order valence-corrected chi connectivity index (χ2v) is 8.97. The van der Waals surface area contributed by atoms with Crippen LogP contribution >= 0.6 is 9.24 Å². The van der Waals surface area contributed by atoms with E-state index in [1.807, 2.05) is 13.8 Å². The van der Waals surface area contributed by atoms with Crippen LogP contribution in [0.5, 0.6) is 0 Å². The first kappa shape index (κ1) is 23.1. The van der Waals surface area contributed by atoms with Crippen molar-refractivity contribution < 1.29 is 21.6 Å². The number of hydrogen-bond donors (Lipinski definition) is 0. The Hall–Kier alpha value is -2.18. The van der Waals surface area contributed by atoms with Crippen LogP contribution in [0.15, 0.2) is 53.6 Å². The Bertz CT molecular complexity index is 1090. The Morgan fingerprint density at radius 1 is 1.07 bits per heavy atom. The van der Waals surface area contributed by atoms with Crippen LogP contribution < -0.4 is 0 Å². The second kappa shape index (κ2) is 8.67. The Kier molecular flexibility index (Phi) is 6.91. The van der Waals surface area contributed by atoms with Crippen LogP contribution in [-0.2, 0) is 15.5 Å². The van der Waals surface area contributed by atoms with E-state index in [0.29, 0.717) is 16.8 Å². The van der Waals surface area contributed by atoms with Gasteiger partial charge in [0.1, 0.15) is 17.3 Å². The van der Waals surface area contributed by atoms with Gasteiger partial charge in [-0.15, -0.1) is 0 Å². The summed E-state index contributed by atoms with van der Waals surface area (Å²) in [6, 6.07) is 9.90. The van der Waals surface area contributed by atoms with E-state index in [-0.39, 0.29) is 10.7 Å². The maximum atomic E-state index is 13.8. The zero-order valence-electron chi connectivity index (χ0n) is 16.4. The van der Waals surface area contributed by atoms with Crippen LogP contribution in [-0.4, -0.2) is 24.2 Å². The maximum Gasteiger partial charge on any atom is 0.301 e. The third-order valence-electron chi connectivity index (χ3n) is 3.89. The summed E-state index contributed by atoms with van der Waals surface area (Å²) in [5.41, 5.74) is -2.40. The third-order valence-corrected chi connectivity index (χ3v) is 5.32. The predicted octanol–water partition coefficient (Wildman–Crippen LogP) is 5.34. The molecule has 9 heteroatoms. The first-order valence-electron chi connectivity index (χ1n) is 8.80. The molecule has 0 bridgehead atoms. The Morgan fingerprint density at radius 2 is 1.66 bits per heavy atom. The highest BCUT2D eigenvalue weighted by atomic mass is 32.2. The number of halogens is 3. The molecule has 0 spiro atoms. The van der Waals surface area contributed by atoms with E-state index in [4.69, 9.17) is 0 Å². The standard InChI is InChI=1S/C18H16F3N2O2PS.C2H6/c1-11-7-12(9-13(19)8-11)17-22-16(18(20,21)26)10-23(17)14-3-5-15(6-4-14)27(2,24)25;1-2/h3-10H,26H2,1-2H3;1-2H3. The van der Waals surface area contributed by atoms with Gasteiger partial charge >= 0.3 is 5.66 Å². The second-order valence-electron chi connectivity index (χ2n) is 6.23. The minimum Gasteiger partial charge on any atom is -0.299 e. The average molecular weight is 442 g/mol. The predicted molar refractivity (Wildman–Crippen MR) is 112 cm³/mol. The molecule has 3 rings (SSSR count). The molecule has 0 aliphatic heterocycles. The van der Waals surface area contributed by atoms with Gasteiger partial charge in [0.15, 0.2) is 9.84 Å². The van der Waals surface area contributed by atoms with Gasteiger partial charge in [-0.2, -0.15) is 8.78 Å². The smallest absolute Gasteiger partial charge is 0.299 e. The topological polar surface area (TPSA) is 52.0 Å². The zero-order chi connectivity index (χ0) is 22.0. The van der Waals surface area contributed by atoms with Gasteiger partial charge in [0.25, 0.3) is 0 Å². The number of nitrogens with zero attached hydrogens (tertiary/aromatic N) is 2. The van der Waals surface area contributed by atoms with Crippen molar-refractivity contribution in [1.82, 2.24) is 9.55 Å². The summed E-state index contributed by atoms with van der Waals surface area (Å²) in [6.07, 6.45) is 2.23. The number of sulfone groups is 1. The Morgan fingerprint density at radius 3 is 2.14 bits per heavy atom. The van der Waals surface area contributed by atoms with Crippen molar-refractivity contribution in [3.63, 3.8) is 0 Å². The summed E-state index contributed by atoms with van der Waals surface area (Å²) in [6.45, 7) is 5.69. The molecular weight excluding hydrogens is 420 g/mol. The van der Waals surface area contributed by atoms with E-state index < -0.39 is 27.0 Å². The first-order chi connectivity index (χ1) is 13.4. The molecular formula is C20H22F3N2O2PS. The summed E-state index contributed by atoms with van der Waals surface area (Å²) < 4.78 is 66.0. The Labute approximate surface area is 170 Å². The number of hydrogen-bond acceptors (Lipinski definition) is 3. The normalized spacial score (nSPS) is 11.7. The van der Waals surface area contributed by atoms with Crippen LogP contribution in [0.1, 0.15) is 25.1 Å². The summed E-state index contributed by atoms with van der Waals surface area (Å²) in [7, 11) is -1.97. The van der Waals surface area contributed by atoms with Gasteiger partial charge in [-0.25, -0.2) is 17.8 Å². The molecule has 1 aromatic heterocycles.